The summed E-state index contributed by atoms with van der Waals surface area (Å²) in [7, 11) is 0. The Bertz CT molecular complexity index is 488. The molecule has 19 heavy (non-hydrogen) atoms. The third-order valence-electron chi connectivity index (χ3n) is 2.89. The first-order chi connectivity index (χ1) is 9.31. The van der Waals surface area contributed by atoms with Gasteiger partial charge >= 0.3 is 0 Å². The highest BCUT2D eigenvalue weighted by atomic mass is 79.9. The maximum absolute atomic E-state index is 4.09. The van der Waals surface area contributed by atoms with Crippen LogP contribution in [0.25, 0.3) is 5.69 Å². The van der Waals surface area contributed by atoms with Crippen molar-refractivity contribution in [2.75, 3.05) is 11.1 Å². The van der Waals surface area contributed by atoms with Crippen LogP contribution in [0.5, 0.6) is 0 Å². The monoisotopic (exact) mass is 340 g/mol. The number of tetrazole rings is 1. The van der Waals surface area contributed by atoms with Gasteiger partial charge in [-0.1, -0.05) is 52.8 Å². The second-order valence-corrected chi connectivity index (χ2v) is 6.28. The molecule has 2 aromatic rings. The Hall–Kier alpha value is -0.880. The third-order valence-corrected chi connectivity index (χ3v) is 4.30. The summed E-state index contributed by atoms with van der Waals surface area (Å²) in [5.74, 6) is 1.77. The lowest BCUT2D eigenvalue weighted by Crippen LogP contribution is -2.01. The average molecular weight is 341 g/mol. The van der Waals surface area contributed by atoms with E-state index in [0.717, 1.165) is 27.8 Å². The molecule has 1 unspecified atom stereocenters. The Labute approximate surface area is 126 Å². The van der Waals surface area contributed by atoms with Crippen molar-refractivity contribution in [3.8, 4) is 5.69 Å². The third kappa shape index (κ3) is 4.31. The number of rotatable bonds is 7. The fourth-order valence-electron chi connectivity index (χ4n) is 1.68. The average Bonchev–Trinajstić information content (AvgIpc) is 2.88. The van der Waals surface area contributed by atoms with E-state index in [4.69, 9.17) is 0 Å². The summed E-state index contributed by atoms with van der Waals surface area (Å²) in [6, 6.07) is 9.98. The highest BCUT2D eigenvalue weighted by Gasteiger charge is 2.09. The fraction of sp³-hybridized carbons (Fsp3) is 0.462. The summed E-state index contributed by atoms with van der Waals surface area (Å²) in [5.41, 5.74) is 1.00. The van der Waals surface area contributed by atoms with Crippen molar-refractivity contribution in [1.82, 2.24) is 20.2 Å². The normalized spacial score (nSPS) is 12.5. The first-order valence-electron chi connectivity index (χ1n) is 6.34. The van der Waals surface area contributed by atoms with Gasteiger partial charge in [-0.2, -0.15) is 4.68 Å². The van der Waals surface area contributed by atoms with Crippen LogP contribution in [0.2, 0.25) is 0 Å². The van der Waals surface area contributed by atoms with Gasteiger partial charge in [-0.15, -0.1) is 5.10 Å². The topological polar surface area (TPSA) is 43.6 Å². The standard InChI is InChI=1S/C13H17BrN4S/c1-11(7-9-14)8-10-19-13-15-16-17-18(13)12-5-3-2-4-6-12/h2-6,11H,7-10H2,1H3. The highest BCUT2D eigenvalue weighted by Crippen LogP contribution is 2.21. The van der Waals surface area contributed by atoms with E-state index < -0.39 is 0 Å². The lowest BCUT2D eigenvalue weighted by Gasteiger charge is -2.08. The second kappa shape index (κ2) is 7.65. The van der Waals surface area contributed by atoms with Crippen molar-refractivity contribution >= 4 is 27.7 Å². The molecule has 0 aliphatic carbocycles. The number of benzene rings is 1. The van der Waals surface area contributed by atoms with Crippen molar-refractivity contribution < 1.29 is 0 Å². The molecule has 0 saturated heterocycles. The summed E-state index contributed by atoms with van der Waals surface area (Å²) < 4.78 is 1.79. The van der Waals surface area contributed by atoms with Gasteiger partial charge < -0.3 is 0 Å². The maximum atomic E-state index is 4.09. The van der Waals surface area contributed by atoms with Crippen molar-refractivity contribution in [3.05, 3.63) is 30.3 Å². The van der Waals surface area contributed by atoms with Crippen molar-refractivity contribution in [2.45, 2.75) is 24.9 Å². The molecule has 0 aliphatic heterocycles. The Morgan fingerprint density at radius 2 is 2.05 bits per heavy atom. The zero-order chi connectivity index (χ0) is 13.5. The molecule has 0 amide bonds. The number of aromatic nitrogens is 4. The lowest BCUT2D eigenvalue weighted by atomic mass is 10.1. The molecule has 0 bridgehead atoms. The first-order valence-corrected chi connectivity index (χ1v) is 8.44. The number of nitrogens with zero attached hydrogens (tertiary/aromatic N) is 4. The molecule has 0 saturated carbocycles. The number of para-hydroxylation sites is 1. The quantitative estimate of drug-likeness (QED) is 0.570. The SMILES string of the molecule is CC(CCBr)CCSc1nnnn1-c1ccccc1. The molecule has 0 spiro atoms. The van der Waals surface area contributed by atoms with Crippen LogP contribution >= 0.6 is 27.7 Å². The van der Waals surface area contributed by atoms with Crippen LogP contribution < -0.4 is 0 Å². The molecule has 0 radical (unpaired) electrons. The minimum atomic E-state index is 0.730. The maximum Gasteiger partial charge on any atom is 0.214 e. The first kappa shape index (κ1) is 14.5. The van der Waals surface area contributed by atoms with Gasteiger partial charge in [0.25, 0.3) is 0 Å². The molecular weight excluding hydrogens is 324 g/mol. The van der Waals surface area contributed by atoms with Crippen molar-refractivity contribution in [3.63, 3.8) is 0 Å². The van der Waals surface area contributed by atoms with E-state index in [1.165, 1.54) is 12.8 Å². The van der Waals surface area contributed by atoms with Gasteiger partial charge in [0.2, 0.25) is 5.16 Å². The minimum absolute atomic E-state index is 0.730. The van der Waals surface area contributed by atoms with E-state index in [2.05, 4.69) is 38.4 Å². The van der Waals surface area contributed by atoms with Crippen LogP contribution in [0.4, 0.5) is 0 Å². The van der Waals surface area contributed by atoms with Crippen LogP contribution in [0.15, 0.2) is 35.5 Å². The molecule has 4 nitrogen and oxygen atoms in total. The zero-order valence-corrected chi connectivity index (χ0v) is 13.3. The van der Waals surface area contributed by atoms with Crippen LogP contribution in [-0.4, -0.2) is 31.3 Å². The molecule has 1 atom stereocenters. The molecule has 1 aromatic heterocycles. The van der Waals surface area contributed by atoms with Crippen molar-refractivity contribution in [2.24, 2.45) is 5.92 Å². The number of hydrogen-bond donors (Lipinski definition) is 0. The van der Waals surface area contributed by atoms with Gasteiger partial charge in [0.05, 0.1) is 5.69 Å². The summed E-state index contributed by atoms with van der Waals surface area (Å²) in [5, 5.41) is 13.8. The molecule has 1 aromatic carbocycles. The number of halogens is 1. The number of alkyl halides is 1. The Morgan fingerprint density at radius 1 is 1.26 bits per heavy atom. The molecule has 2 rings (SSSR count). The van der Waals surface area contributed by atoms with E-state index in [-0.39, 0.29) is 0 Å². The molecule has 6 heteroatoms. The van der Waals surface area contributed by atoms with Gasteiger partial charge in [-0.05, 0) is 41.3 Å². The van der Waals surface area contributed by atoms with Gasteiger partial charge in [0, 0.05) is 11.1 Å². The van der Waals surface area contributed by atoms with Crippen molar-refractivity contribution in [1.29, 1.82) is 0 Å². The van der Waals surface area contributed by atoms with Gasteiger partial charge in [0.15, 0.2) is 0 Å². The predicted octanol–water partition coefficient (Wildman–Crippen LogP) is 3.57. The highest BCUT2D eigenvalue weighted by molar-refractivity contribution is 9.09. The smallest absolute Gasteiger partial charge is 0.188 e. The molecule has 0 N–H and O–H groups in total. The van der Waals surface area contributed by atoms with Gasteiger partial charge in [-0.25, -0.2) is 0 Å². The molecule has 1 heterocycles. The van der Waals surface area contributed by atoms with Crippen LogP contribution in [0.1, 0.15) is 19.8 Å². The van der Waals surface area contributed by atoms with Crippen LogP contribution in [0.3, 0.4) is 0 Å². The summed E-state index contributed by atoms with van der Waals surface area (Å²) in [6.07, 6.45) is 2.39. The molecule has 0 fully saturated rings. The Balaban J connectivity index is 1.94. The molecule has 0 aliphatic rings. The van der Waals surface area contributed by atoms with Gasteiger partial charge in [-0.3, -0.25) is 0 Å². The lowest BCUT2D eigenvalue weighted by molar-refractivity contribution is 0.554. The Morgan fingerprint density at radius 3 is 2.79 bits per heavy atom. The largest absolute Gasteiger partial charge is 0.214 e. The second-order valence-electron chi connectivity index (χ2n) is 4.43. The summed E-state index contributed by atoms with van der Waals surface area (Å²) in [4.78, 5) is 0. The number of thioether (sulfide) groups is 1. The van der Waals surface area contributed by atoms with E-state index in [9.17, 15) is 0 Å². The number of hydrogen-bond acceptors (Lipinski definition) is 4. The van der Waals surface area contributed by atoms with E-state index in [1.54, 1.807) is 16.4 Å². The summed E-state index contributed by atoms with van der Waals surface area (Å²) >= 11 is 5.19. The van der Waals surface area contributed by atoms with Gasteiger partial charge in [0.1, 0.15) is 0 Å². The Kier molecular flexibility index (Phi) is 5.85. The van der Waals surface area contributed by atoms with E-state index >= 15 is 0 Å². The minimum Gasteiger partial charge on any atom is -0.188 e. The predicted molar refractivity (Wildman–Crippen MR) is 82.1 cm³/mol. The zero-order valence-electron chi connectivity index (χ0n) is 10.9. The molecule has 102 valence electrons. The molecular formula is C13H17BrN4S. The van der Waals surface area contributed by atoms with E-state index in [1.807, 2.05) is 30.3 Å². The summed E-state index contributed by atoms with van der Waals surface area (Å²) in [6.45, 7) is 2.28. The van der Waals surface area contributed by atoms with Crippen LogP contribution in [-0.2, 0) is 0 Å². The fourth-order valence-corrected chi connectivity index (χ4v) is 3.52. The van der Waals surface area contributed by atoms with E-state index in [0.29, 0.717) is 0 Å². The van der Waals surface area contributed by atoms with Crippen LogP contribution in [0, 0.1) is 5.92 Å².